The molecule has 7 nitrogen and oxygen atoms in total. The Labute approximate surface area is 109 Å². The van der Waals surface area contributed by atoms with Gasteiger partial charge in [0.2, 0.25) is 0 Å². The molecule has 0 aliphatic carbocycles. The summed E-state index contributed by atoms with van der Waals surface area (Å²) in [6.07, 6.45) is 1.44. The number of hydrogen-bond acceptors (Lipinski definition) is 5. The molecule has 0 aliphatic rings. The van der Waals surface area contributed by atoms with Crippen molar-refractivity contribution in [3.05, 3.63) is 51.6 Å². The minimum absolute atomic E-state index is 0.175. The van der Waals surface area contributed by atoms with Crippen LogP contribution in [0.3, 0.4) is 0 Å². The molecule has 0 aromatic carbocycles. The van der Waals surface area contributed by atoms with Gasteiger partial charge < -0.3 is 4.42 Å². The number of carbonyl (C=O) groups is 1. The molecule has 1 amide bonds. The lowest BCUT2D eigenvalue weighted by molar-refractivity contribution is 0.0952. The number of hydrogen-bond donors (Lipinski definition) is 2. The van der Waals surface area contributed by atoms with Crippen molar-refractivity contribution >= 4 is 5.91 Å². The fourth-order valence-corrected chi connectivity index (χ4v) is 1.73. The molecule has 0 unspecified atom stereocenters. The van der Waals surface area contributed by atoms with E-state index in [4.69, 9.17) is 10.3 Å². The summed E-state index contributed by atoms with van der Waals surface area (Å²) in [5.74, 6) is 5.58. The van der Waals surface area contributed by atoms with E-state index in [2.05, 4.69) is 4.98 Å². The maximum Gasteiger partial charge on any atom is 0.268 e. The Morgan fingerprint density at radius 2 is 2.21 bits per heavy atom. The average molecular weight is 262 g/mol. The van der Waals surface area contributed by atoms with Crippen molar-refractivity contribution in [3.8, 4) is 0 Å². The van der Waals surface area contributed by atoms with Gasteiger partial charge in [-0.1, -0.05) is 0 Å². The van der Waals surface area contributed by atoms with Crippen molar-refractivity contribution in [2.24, 2.45) is 5.84 Å². The molecule has 0 atom stereocenters. The predicted octanol–water partition coefficient (Wildman–Crippen LogP) is 0.105. The molecule has 2 aromatic rings. The van der Waals surface area contributed by atoms with Gasteiger partial charge in [0.05, 0.1) is 18.4 Å². The Morgan fingerprint density at radius 3 is 2.84 bits per heavy atom. The van der Waals surface area contributed by atoms with Gasteiger partial charge in [0, 0.05) is 11.8 Å². The number of aryl methyl sites for hydroxylation is 2. The first-order chi connectivity index (χ1) is 9.01. The highest BCUT2D eigenvalue weighted by Crippen LogP contribution is 2.14. The topological polar surface area (TPSA) is 103 Å². The molecular formula is C12H14N4O3. The number of rotatable bonds is 3. The predicted molar refractivity (Wildman–Crippen MR) is 67.4 cm³/mol. The summed E-state index contributed by atoms with van der Waals surface area (Å²) in [6, 6.07) is 2.99. The number of carbonyl (C=O) groups excluding carboxylic acids is 1. The monoisotopic (exact) mass is 262 g/mol. The summed E-state index contributed by atoms with van der Waals surface area (Å²) in [6.45, 7) is 3.61. The molecular weight excluding hydrogens is 248 g/mol. The fourth-order valence-electron chi connectivity index (χ4n) is 1.73. The number of amides is 1. The summed E-state index contributed by atoms with van der Waals surface area (Å²) >= 11 is 0. The lowest BCUT2D eigenvalue weighted by atomic mass is 10.2. The first-order valence-electron chi connectivity index (χ1n) is 5.64. The smallest absolute Gasteiger partial charge is 0.268 e. The number of hydrazine groups is 1. The van der Waals surface area contributed by atoms with Crippen LogP contribution in [0, 0.1) is 13.8 Å². The van der Waals surface area contributed by atoms with Crippen molar-refractivity contribution in [1.82, 2.24) is 15.0 Å². The van der Waals surface area contributed by atoms with E-state index >= 15 is 0 Å². The lowest BCUT2D eigenvalue weighted by Gasteiger charge is -2.02. The van der Waals surface area contributed by atoms with Crippen LogP contribution >= 0.6 is 0 Å². The molecule has 0 spiro atoms. The molecule has 7 heteroatoms. The number of nitrogens with one attached hydrogen (secondary N) is 1. The molecule has 19 heavy (non-hydrogen) atoms. The van der Waals surface area contributed by atoms with E-state index < -0.39 is 5.91 Å². The number of nitrogens with zero attached hydrogens (tertiary/aromatic N) is 2. The fraction of sp³-hybridized carbons (Fsp3) is 0.250. The Morgan fingerprint density at radius 1 is 1.47 bits per heavy atom. The largest absolute Gasteiger partial charge is 0.464 e. The molecule has 0 aliphatic heterocycles. The highest BCUT2D eigenvalue weighted by atomic mass is 16.3. The van der Waals surface area contributed by atoms with Crippen molar-refractivity contribution in [2.75, 3.05) is 0 Å². The quantitative estimate of drug-likeness (QED) is 0.464. The van der Waals surface area contributed by atoms with Gasteiger partial charge in [-0.25, -0.2) is 10.8 Å². The third kappa shape index (κ3) is 2.71. The minimum atomic E-state index is -0.429. The second-order valence-corrected chi connectivity index (χ2v) is 4.15. The maximum absolute atomic E-state index is 11.7. The van der Waals surface area contributed by atoms with Gasteiger partial charge in [0.25, 0.3) is 11.5 Å². The van der Waals surface area contributed by atoms with Gasteiger partial charge in [0.1, 0.15) is 11.5 Å². The zero-order chi connectivity index (χ0) is 14.0. The summed E-state index contributed by atoms with van der Waals surface area (Å²) in [5, 5.41) is 0. The van der Waals surface area contributed by atoms with Gasteiger partial charge in [0.15, 0.2) is 0 Å². The zero-order valence-corrected chi connectivity index (χ0v) is 10.6. The van der Waals surface area contributed by atoms with Gasteiger partial charge in [-0.05, 0) is 19.9 Å². The van der Waals surface area contributed by atoms with Crippen molar-refractivity contribution in [3.63, 3.8) is 0 Å². The van der Waals surface area contributed by atoms with Crippen LogP contribution in [0.2, 0.25) is 0 Å². The van der Waals surface area contributed by atoms with E-state index in [-0.39, 0.29) is 12.1 Å². The van der Waals surface area contributed by atoms with E-state index in [9.17, 15) is 9.59 Å². The summed E-state index contributed by atoms with van der Waals surface area (Å²) in [5.41, 5.74) is 2.87. The third-order valence-corrected chi connectivity index (χ3v) is 2.69. The first-order valence-corrected chi connectivity index (χ1v) is 5.64. The van der Waals surface area contributed by atoms with E-state index in [1.807, 2.05) is 5.43 Å². The molecule has 2 rings (SSSR count). The van der Waals surface area contributed by atoms with Crippen LogP contribution in [-0.2, 0) is 6.54 Å². The third-order valence-electron chi connectivity index (χ3n) is 2.69. The number of furan rings is 1. The highest BCUT2D eigenvalue weighted by molar-refractivity contribution is 5.94. The van der Waals surface area contributed by atoms with Crippen molar-refractivity contribution in [1.29, 1.82) is 0 Å². The van der Waals surface area contributed by atoms with Gasteiger partial charge in [-0.3, -0.25) is 19.6 Å². The molecule has 0 bridgehead atoms. The molecule has 3 N–H and O–H groups in total. The van der Waals surface area contributed by atoms with E-state index in [0.717, 1.165) is 0 Å². The SMILES string of the molecule is Cc1cc(=O)n(Cc2cc(C(=O)NN)c(C)o2)cn1. The molecule has 2 heterocycles. The van der Waals surface area contributed by atoms with Crippen LogP contribution in [-0.4, -0.2) is 15.5 Å². The minimum Gasteiger partial charge on any atom is -0.464 e. The Kier molecular flexibility index (Phi) is 3.48. The summed E-state index contributed by atoms with van der Waals surface area (Å²) in [7, 11) is 0. The molecule has 100 valence electrons. The molecule has 0 saturated carbocycles. The van der Waals surface area contributed by atoms with Gasteiger partial charge in [-0.15, -0.1) is 0 Å². The molecule has 0 fully saturated rings. The number of aromatic nitrogens is 2. The molecule has 0 saturated heterocycles. The van der Waals surface area contributed by atoms with E-state index in [0.29, 0.717) is 22.8 Å². The van der Waals surface area contributed by atoms with Crippen molar-refractivity contribution < 1.29 is 9.21 Å². The van der Waals surface area contributed by atoms with E-state index in [1.165, 1.54) is 17.0 Å². The number of nitrogen functional groups attached to an aromatic ring is 1. The van der Waals surface area contributed by atoms with Gasteiger partial charge in [-0.2, -0.15) is 0 Å². The average Bonchev–Trinajstić information content (AvgIpc) is 2.73. The van der Waals surface area contributed by atoms with Crippen LogP contribution in [0.25, 0.3) is 0 Å². The van der Waals surface area contributed by atoms with Crippen LogP contribution in [0.4, 0.5) is 0 Å². The standard InChI is InChI=1S/C12H14N4O3/c1-7-3-11(17)16(6-14-7)5-9-4-10(8(2)19-9)12(18)15-13/h3-4,6H,5,13H2,1-2H3,(H,15,18). The summed E-state index contributed by atoms with van der Waals surface area (Å²) < 4.78 is 6.82. The van der Waals surface area contributed by atoms with Crippen molar-refractivity contribution in [2.45, 2.75) is 20.4 Å². The lowest BCUT2D eigenvalue weighted by Crippen LogP contribution is -2.30. The Hall–Kier alpha value is -2.41. The van der Waals surface area contributed by atoms with E-state index in [1.54, 1.807) is 19.9 Å². The van der Waals surface area contributed by atoms with Crippen LogP contribution in [0.15, 0.2) is 27.7 Å². The normalized spacial score (nSPS) is 10.5. The zero-order valence-electron chi connectivity index (χ0n) is 10.6. The molecule has 2 aromatic heterocycles. The second-order valence-electron chi connectivity index (χ2n) is 4.15. The maximum atomic E-state index is 11.7. The summed E-state index contributed by atoms with van der Waals surface area (Å²) in [4.78, 5) is 27.2. The van der Waals surface area contributed by atoms with Gasteiger partial charge >= 0.3 is 0 Å². The van der Waals surface area contributed by atoms with Crippen LogP contribution < -0.4 is 16.8 Å². The molecule has 0 radical (unpaired) electrons. The first kappa shape index (κ1) is 13.0. The Bertz CT molecular complexity index is 672. The second kappa shape index (κ2) is 5.07. The number of nitrogens with two attached hydrogens (primary N) is 1. The van der Waals surface area contributed by atoms with Crippen LogP contribution in [0.1, 0.15) is 27.6 Å². The highest BCUT2D eigenvalue weighted by Gasteiger charge is 2.14. The van der Waals surface area contributed by atoms with Crippen LogP contribution in [0.5, 0.6) is 0 Å². The Balaban J connectivity index is 2.29.